The number of carboxylic acid groups (broad SMARTS) is 1. The zero-order chi connectivity index (χ0) is 22.2. The van der Waals surface area contributed by atoms with Gasteiger partial charge in [-0.05, 0) is 55.2 Å². The average molecular weight is 421 g/mol. The molecule has 0 amide bonds. The molecule has 0 aliphatic carbocycles. The molecule has 3 N–H and O–H groups in total. The smallest absolute Gasteiger partial charge is 0.339 e. The Morgan fingerprint density at radius 3 is 2.52 bits per heavy atom. The minimum absolute atomic E-state index is 0.163. The number of benzene rings is 2. The van der Waals surface area contributed by atoms with Crippen LogP contribution in [0.25, 0.3) is 11.1 Å². The van der Waals surface area contributed by atoms with Crippen molar-refractivity contribution in [1.82, 2.24) is 10.3 Å². The van der Waals surface area contributed by atoms with Crippen LogP contribution in [0.5, 0.6) is 5.75 Å². The summed E-state index contributed by atoms with van der Waals surface area (Å²) in [6.07, 6.45) is 3.60. The summed E-state index contributed by atoms with van der Waals surface area (Å²) in [5.41, 5.74) is 4.04. The van der Waals surface area contributed by atoms with E-state index in [1.807, 2.05) is 31.2 Å². The predicted molar refractivity (Wildman–Crippen MR) is 120 cm³/mol. The summed E-state index contributed by atoms with van der Waals surface area (Å²) >= 11 is 0. The molecule has 0 aliphatic heterocycles. The summed E-state index contributed by atoms with van der Waals surface area (Å²) in [7, 11) is 0. The van der Waals surface area contributed by atoms with Crippen molar-refractivity contribution in [3.63, 3.8) is 0 Å². The number of aliphatic hydroxyl groups is 1. The Hall–Kier alpha value is -3.22. The number of carboxylic acids is 1. The third kappa shape index (κ3) is 6.13. The maximum absolute atomic E-state index is 11.4. The van der Waals surface area contributed by atoms with Crippen LogP contribution in [0.15, 0.2) is 67.0 Å². The molecule has 0 fully saturated rings. The van der Waals surface area contributed by atoms with Crippen molar-refractivity contribution in [1.29, 1.82) is 0 Å². The molecule has 0 radical (unpaired) electrons. The lowest BCUT2D eigenvalue weighted by Crippen LogP contribution is -2.32. The second-order valence-electron chi connectivity index (χ2n) is 7.46. The quantitative estimate of drug-likeness (QED) is 0.457. The number of rotatable bonds is 10. The highest BCUT2D eigenvalue weighted by Gasteiger charge is 2.13. The van der Waals surface area contributed by atoms with Gasteiger partial charge in [0.05, 0.1) is 12.7 Å². The molecule has 6 heteroatoms. The molecule has 0 saturated heterocycles. The van der Waals surface area contributed by atoms with Crippen molar-refractivity contribution >= 4 is 5.97 Å². The number of aliphatic hydroxyl groups excluding tert-OH is 1. The highest BCUT2D eigenvalue weighted by atomic mass is 16.5. The van der Waals surface area contributed by atoms with Crippen LogP contribution < -0.4 is 10.1 Å². The molecule has 0 spiro atoms. The topological polar surface area (TPSA) is 91.7 Å². The fourth-order valence-electron chi connectivity index (χ4n) is 3.42. The van der Waals surface area contributed by atoms with Crippen LogP contribution >= 0.6 is 0 Å². The molecule has 0 unspecified atom stereocenters. The highest BCUT2D eigenvalue weighted by Crippen LogP contribution is 2.28. The summed E-state index contributed by atoms with van der Waals surface area (Å²) in [5.74, 6) is -0.623. The van der Waals surface area contributed by atoms with E-state index in [9.17, 15) is 15.0 Å². The van der Waals surface area contributed by atoms with Crippen LogP contribution in [0.2, 0.25) is 0 Å². The summed E-state index contributed by atoms with van der Waals surface area (Å²) in [5, 5.41) is 22.9. The van der Waals surface area contributed by atoms with Gasteiger partial charge < -0.3 is 20.3 Å². The van der Waals surface area contributed by atoms with Gasteiger partial charge in [0.2, 0.25) is 0 Å². The van der Waals surface area contributed by atoms with Gasteiger partial charge in [0, 0.05) is 30.5 Å². The SMILES string of the molecule is CCOc1cc(-c2ccc(C[C@@H](C)NC[C@@H](O)c3cccnc3)cc2)ccc1C(=O)O. The molecule has 3 aromatic rings. The van der Waals surface area contributed by atoms with Gasteiger partial charge in [0.1, 0.15) is 11.3 Å². The summed E-state index contributed by atoms with van der Waals surface area (Å²) in [4.78, 5) is 15.4. The number of aromatic nitrogens is 1. The second-order valence-corrected chi connectivity index (χ2v) is 7.46. The summed E-state index contributed by atoms with van der Waals surface area (Å²) in [6.45, 7) is 4.78. The van der Waals surface area contributed by atoms with E-state index in [0.717, 1.165) is 23.1 Å². The van der Waals surface area contributed by atoms with E-state index >= 15 is 0 Å². The Balaban J connectivity index is 1.61. The first kappa shape index (κ1) is 22.5. The van der Waals surface area contributed by atoms with Crippen molar-refractivity contribution in [2.75, 3.05) is 13.2 Å². The van der Waals surface area contributed by atoms with Crippen LogP contribution in [0.4, 0.5) is 0 Å². The molecule has 2 aromatic carbocycles. The predicted octanol–water partition coefficient (Wildman–Crippen LogP) is 4.10. The Morgan fingerprint density at radius 2 is 1.87 bits per heavy atom. The van der Waals surface area contributed by atoms with E-state index in [0.29, 0.717) is 18.9 Å². The monoisotopic (exact) mass is 420 g/mol. The number of ether oxygens (including phenoxy) is 1. The number of carbonyl (C=O) groups is 1. The zero-order valence-corrected chi connectivity index (χ0v) is 17.8. The van der Waals surface area contributed by atoms with Gasteiger partial charge in [-0.25, -0.2) is 4.79 Å². The van der Waals surface area contributed by atoms with Crippen molar-refractivity contribution in [3.8, 4) is 16.9 Å². The van der Waals surface area contributed by atoms with Gasteiger partial charge in [0.15, 0.2) is 0 Å². The second kappa shape index (κ2) is 10.7. The fraction of sp³-hybridized carbons (Fsp3) is 0.280. The van der Waals surface area contributed by atoms with Gasteiger partial charge >= 0.3 is 5.97 Å². The lowest BCUT2D eigenvalue weighted by atomic mass is 9.99. The average Bonchev–Trinajstić information content (AvgIpc) is 2.78. The Labute approximate surface area is 182 Å². The van der Waals surface area contributed by atoms with Crippen LogP contribution in [0.3, 0.4) is 0 Å². The number of hydrogen-bond donors (Lipinski definition) is 3. The van der Waals surface area contributed by atoms with E-state index in [4.69, 9.17) is 4.74 Å². The molecule has 162 valence electrons. The zero-order valence-electron chi connectivity index (χ0n) is 17.8. The molecule has 2 atom stereocenters. The highest BCUT2D eigenvalue weighted by molar-refractivity contribution is 5.92. The molecule has 0 saturated carbocycles. The molecule has 31 heavy (non-hydrogen) atoms. The van der Waals surface area contributed by atoms with E-state index in [2.05, 4.69) is 29.4 Å². The van der Waals surface area contributed by atoms with Crippen molar-refractivity contribution in [2.45, 2.75) is 32.4 Å². The van der Waals surface area contributed by atoms with Gasteiger partial charge in [-0.15, -0.1) is 0 Å². The summed E-state index contributed by atoms with van der Waals surface area (Å²) in [6, 6.07) is 17.2. The van der Waals surface area contributed by atoms with Gasteiger partial charge in [-0.2, -0.15) is 0 Å². The molecule has 0 aliphatic rings. The van der Waals surface area contributed by atoms with E-state index in [-0.39, 0.29) is 11.6 Å². The van der Waals surface area contributed by atoms with Crippen molar-refractivity contribution < 1.29 is 19.7 Å². The minimum Gasteiger partial charge on any atom is -0.493 e. The third-order valence-corrected chi connectivity index (χ3v) is 5.07. The normalized spacial score (nSPS) is 12.9. The van der Waals surface area contributed by atoms with Gasteiger partial charge in [-0.1, -0.05) is 36.4 Å². The fourth-order valence-corrected chi connectivity index (χ4v) is 3.42. The van der Waals surface area contributed by atoms with Gasteiger partial charge in [0.25, 0.3) is 0 Å². The van der Waals surface area contributed by atoms with E-state index in [1.165, 1.54) is 5.56 Å². The van der Waals surface area contributed by atoms with Crippen molar-refractivity contribution in [2.24, 2.45) is 0 Å². The Kier molecular flexibility index (Phi) is 7.76. The molecule has 1 aromatic heterocycles. The van der Waals surface area contributed by atoms with E-state index in [1.54, 1.807) is 30.6 Å². The molecule has 1 heterocycles. The van der Waals surface area contributed by atoms with E-state index < -0.39 is 12.1 Å². The molecular formula is C25H28N2O4. The number of aromatic carboxylic acids is 1. The maximum atomic E-state index is 11.4. The first-order chi connectivity index (χ1) is 15.0. The molecule has 3 rings (SSSR count). The molecule has 0 bridgehead atoms. The molecular weight excluding hydrogens is 392 g/mol. The largest absolute Gasteiger partial charge is 0.493 e. The summed E-state index contributed by atoms with van der Waals surface area (Å²) < 4.78 is 5.50. The van der Waals surface area contributed by atoms with Crippen LogP contribution in [-0.2, 0) is 6.42 Å². The number of pyridine rings is 1. The lowest BCUT2D eigenvalue weighted by Gasteiger charge is -2.17. The number of nitrogens with zero attached hydrogens (tertiary/aromatic N) is 1. The lowest BCUT2D eigenvalue weighted by molar-refractivity contribution is 0.0692. The van der Waals surface area contributed by atoms with Crippen LogP contribution in [0.1, 0.15) is 41.4 Å². The Bertz CT molecular complexity index is 990. The minimum atomic E-state index is -1.000. The van der Waals surface area contributed by atoms with Crippen molar-refractivity contribution in [3.05, 3.63) is 83.7 Å². The number of hydrogen-bond acceptors (Lipinski definition) is 5. The van der Waals surface area contributed by atoms with Gasteiger partial charge in [-0.3, -0.25) is 4.98 Å². The maximum Gasteiger partial charge on any atom is 0.339 e. The standard InChI is InChI=1S/C25H28N2O4/c1-3-31-24-14-20(10-11-22(24)25(29)30)19-8-6-18(7-9-19)13-17(2)27-16-23(28)21-5-4-12-26-15-21/h4-12,14-15,17,23,27-28H,3,13,16H2,1-2H3,(H,29,30)/t17-,23-/m1/s1. The Morgan fingerprint density at radius 1 is 1.13 bits per heavy atom. The number of nitrogens with one attached hydrogen (secondary N) is 1. The first-order valence-electron chi connectivity index (χ1n) is 10.4. The third-order valence-electron chi connectivity index (χ3n) is 5.07. The van der Waals surface area contributed by atoms with Crippen LogP contribution in [0, 0.1) is 0 Å². The van der Waals surface area contributed by atoms with Crippen LogP contribution in [-0.4, -0.2) is 40.4 Å². The first-order valence-corrected chi connectivity index (χ1v) is 10.4. The molecule has 6 nitrogen and oxygen atoms in total.